The van der Waals surface area contributed by atoms with Gasteiger partial charge >= 0.3 is 5.97 Å². The lowest BCUT2D eigenvalue weighted by Crippen LogP contribution is -2.33. The van der Waals surface area contributed by atoms with Crippen molar-refractivity contribution in [1.82, 2.24) is 4.90 Å². The molecule has 0 aromatic heterocycles. The zero-order valence-corrected chi connectivity index (χ0v) is 12.2. The van der Waals surface area contributed by atoms with Crippen LogP contribution < -0.4 is 0 Å². The Morgan fingerprint density at radius 3 is 2.37 bits per heavy atom. The molecule has 19 heavy (non-hydrogen) atoms. The number of amides is 1. The Hall–Kier alpha value is -1.49. The summed E-state index contributed by atoms with van der Waals surface area (Å²) >= 11 is 1.73. The number of benzene rings is 1. The summed E-state index contributed by atoms with van der Waals surface area (Å²) in [7, 11) is 1.62. The van der Waals surface area contributed by atoms with Crippen LogP contribution in [0, 0.1) is 5.92 Å². The van der Waals surface area contributed by atoms with Gasteiger partial charge in [0.2, 0.25) is 0 Å². The van der Waals surface area contributed by atoms with Gasteiger partial charge in [0.05, 0.1) is 5.92 Å². The van der Waals surface area contributed by atoms with Crippen LogP contribution in [0.3, 0.4) is 0 Å². The highest BCUT2D eigenvalue weighted by molar-refractivity contribution is 7.97. The molecule has 1 rings (SSSR count). The molecule has 0 aliphatic rings. The van der Waals surface area contributed by atoms with E-state index in [9.17, 15) is 9.59 Å². The normalized spacial score (nSPS) is 11.9. The largest absolute Gasteiger partial charge is 0.481 e. The molecule has 1 aromatic rings. The predicted molar refractivity (Wildman–Crippen MR) is 77.4 cm³/mol. The Morgan fingerprint density at radius 1 is 1.32 bits per heavy atom. The van der Waals surface area contributed by atoms with Crippen molar-refractivity contribution < 1.29 is 14.7 Å². The number of carboxylic acids is 1. The van der Waals surface area contributed by atoms with Crippen LogP contribution in [0.2, 0.25) is 0 Å². The van der Waals surface area contributed by atoms with Crippen LogP contribution in [-0.2, 0) is 10.5 Å². The van der Waals surface area contributed by atoms with Gasteiger partial charge in [-0.25, -0.2) is 0 Å². The summed E-state index contributed by atoms with van der Waals surface area (Å²) in [5.41, 5.74) is 1.76. The van der Waals surface area contributed by atoms with Crippen LogP contribution in [-0.4, -0.2) is 41.7 Å². The highest BCUT2D eigenvalue weighted by Crippen LogP contribution is 2.12. The molecule has 1 unspecified atom stereocenters. The molecule has 0 fully saturated rings. The molecule has 0 saturated carbocycles. The Bertz CT molecular complexity index is 445. The van der Waals surface area contributed by atoms with Crippen LogP contribution in [0.25, 0.3) is 0 Å². The molecule has 1 atom stereocenters. The maximum Gasteiger partial charge on any atom is 0.308 e. The first kappa shape index (κ1) is 15.6. The van der Waals surface area contributed by atoms with Gasteiger partial charge in [0.25, 0.3) is 5.91 Å². The van der Waals surface area contributed by atoms with E-state index in [0.29, 0.717) is 5.56 Å². The van der Waals surface area contributed by atoms with Gasteiger partial charge in [-0.1, -0.05) is 19.1 Å². The lowest BCUT2D eigenvalue weighted by molar-refractivity contribution is -0.141. The van der Waals surface area contributed by atoms with Gasteiger partial charge in [0.15, 0.2) is 0 Å². The lowest BCUT2D eigenvalue weighted by atomic mass is 10.1. The molecule has 0 aliphatic carbocycles. The maximum absolute atomic E-state index is 12.1. The third kappa shape index (κ3) is 4.59. The molecule has 1 amide bonds. The average molecular weight is 281 g/mol. The molecule has 1 N–H and O–H groups in total. The highest BCUT2D eigenvalue weighted by Gasteiger charge is 2.18. The summed E-state index contributed by atoms with van der Waals surface area (Å²) in [4.78, 5) is 24.3. The van der Waals surface area contributed by atoms with E-state index in [1.807, 2.05) is 18.4 Å². The second kappa shape index (κ2) is 7.19. The van der Waals surface area contributed by atoms with Gasteiger partial charge in [0, 0.05) is 24.9 Å². The number of carbonyl (C=O) groups excluding carboxylic acids is 1. The number of hydrogen-bond acceptors (Lipinski definition) is 3. The van der Waals surface area contributed by atoms with Crippen LogP contribution >= 0.6 is 11.8 Å². The van der Waals surface area contributed by atoms with Crippen molar-refractivity contribution in [3.8, 4) is 0 Å². The fourth-order valence-electron chi connectivity index (χ4n) is 1.70. The number of rotatable bonds is 6. The topological polar surface area (TPSA) is 57.6 Å². The number of carboxylic acid groups (broad SMARTS) is 1. The standard InChI is InChI=1S/C14H19NO3S/c1-10(14(17)18)8-15(2)13(16)12-6-4-11(5-7-12)9-19-3/h4-7,10H,8-9H2,1-3H3,(H,17,18). The molecule has 1 aromatic carbocycles. The highest BCUT2D eigenvalue weighted by atomic mass is 32.2. The summed E-state index contributed by atoms with van der Waals surface area (Å²) in [5, 5.41) is 8.84. The Balaban J connectivity index is 2.68. The number of aliphatic carboxylic acids is 1. The van der Waals surface area contributed by atoms with Crippen LogP contribution in [0.1, 0.15) is 22.8 Å². The summed E-state index contributed by atoms with van der Waals surface area (Å²) in [6.45, 7) is 1.80. The van der Waals surface area contributed by atoms with Gasteiger partial charge in [-0.05, 0) is 24.0 Å². The van der Waals surface area contributed by atoms with E-state index in [-0.39, 0.29) is 12.5 Å². The van der Waals surface area contributed by atoms with Gasteiger partial charge in [-0.15, -0.1) is 0 Å². The smallest absolute Gasteiger partial charge is 0.308 e. The monoisotopic (exact) mass is 281 g/mol. The molecule has 4 nitrogen and oxygen atoms in total. The fourth-order valence-corrected chi connectivity index (χ4v) is 2.23. The minimum Gasteiger partial charge on any atom is -0.481 e. The zero-order chi connectivity index (χ0) is 14.4. The first-order valence-electron chi connectivity index (χ1n) is 6.02. The Labute approximate surface area is 117 Å². The number of thioether (sulfide) groups is 1. The molecular weight excluding hydrogens is 262 g/mol. The molecule has 0 saturated heterocycles. The van der Waals surface area contributed by atoms with Gasteiger partial charge < -0.3 is 10.0 Å². The second-order valence-corrected chi connectivity index (χ2v) is 5.42. The molecular formula is C14H19NO3S. The van der Waals surface area contributed by atoms with E-state index in [1.54, 1.807) is 37.9 Å². The quantitative estimate of drug-likeness (QED) is 0.869. The molecule has 0 aliphatic heterocycles. The van der Waals surface area contributed by atoms with Crippen molar-refractivity contribution in [2.24, 2.45) is 5.92 Å². The Kier molecular flexibility index (Phi) is 5.89. The molecule has 5 heteroatoms. The van der Waals surface area contributed by atoms with Gasteiger partial charge in [-0.3, -0.25) is 9.59 Å². The lowest BCUT2D eigenvalue weighted by Gasteiger charge is -2.19. The third-order valence-electron chi connectivity index (χ3n) is 2.83. The summed E-state index contributed by atoms with van der Waals surface area (Å²) < 4.78 is 0. The zero-order valence-electron chi connectivity index (χ0n) is 11.4. The molecule has 104 valence electrons. The van der Waals surface area contributed by atoms with E-state index in [4.69, 9.17) is 5.11 Å². The minimum absolute atomic E-state index is 0.149. The van der Waals surface area contributed by atoms with Crippen molar-refractivity contribution in [1.29, 1.82) is 0 Å². The van der Waals surface area contributed by atoms with Crippen LogP contribution in [0.4, 0.5) is 0 Å². The van der Waals surface area contributed by atoms with Crippen molar-refractivity contribution >= 4 is 23.6 Å². The number of nitrogens with zero attached hydrogens (tertiary/aromatic N) is 1. The van der Waals surface area contributed by atoms with E-state index < -0.39 is 11.9 Å². The van der Waals surface area contributed by atoms with Crippen molar-refractivity contribution in [3.63, 3.8) is 0 Å². The first-order chi connectivity index (χ1) is 8.95. The van der Waals surface area contributed by atoms with Crippen LogP contribution in [0.5, 0.6) is 0 Å². The summed E-state index contributed by atoms with van der Waals surface area (Å²) in [6.07, 6.45) is 2.03. The summed E-state index contributed by atoms with van der Waals surface area (Å²) in [6, 6.07) is 7.43. The van der Waals surface area contributed by atoms with Crippen LogP contribution in [0.15, 0.2) is 24.3 Å². The van der Waals surface area contributed by atoms with Crippen molar-refractivity contribution in [2.45, 2.75) is 12.7 Å². The molecule has 0 radical (unpaired) electrons. The van der Waals surface area contributed by atoms with E-state index in [1.165, 1.54) is 10.5 Å². The van der Waals surface area contributed by atoms with Gasteiger partial charge in [-0.2, -0.15) is 11.8 Å². The molecule has 0 spiro atoms. The average Bonchev–Trinajstić information content (AvgIpc) is 2.39. The van der Waals surface area contributed by atoms with E-state index in [0.717, 1.165) is 5.75 Å². The second-order valence-electron chi connectivity index (χ2n) is 4.55. The van der Waals surface area contributed by atoms with E-state index in [2.05, 4.69) is 0 Å². The minimum atomic E-state index is -0.894. The maximum atomic E-state index is 12.1. The van der Waals surface area contributed by atoms with Crippen molar-refractivity contribution in [3.05, 3.63) is 35.4 Å². The van der Waals surface area contributed by atoms with E-state index >= 15 is 0 Å². The fraction of sp³-hybridized carbons (Fsp3) is 0.429. The first-order valence-corrected chi connectivity index (χ1v) is 7.41. The molecule has 0 bridgehead atoms. The SMILES string of the molecule is CSCc1ccc(C(=O)N(C)CC(C)C(=O)O)cc1. The number of carbonyl (C=O) groups is 2. The molecule has 0 heterocycles. The third-order valence-corrected chi connectivity index (χ3v) is 3.45. The van der Waals surface area contributed by atoms with Gasteiger partial charge in [0.1, 0.15) is 0 Å². The summed E-state index contributed by atoms with van der Waals surface area (Å²) in [5.74, 6) is -0.691. The number of hydrogen-bond donors (Lipinski definition) is 1. The van der Waals surface area contributed by atoms with Crippen molar-refractivity contribution in [2.75, 3.05) is 19.8 Å². The Morgan fingerprint density at radius 2 is 1.89 bits per heavy atom. The predicted octanol–water partition coefficient (Wildman–Crippen LogP) is 2.34.